The maximum atomic E-state index is 12.6. The van der Waals surface area contributed by atoms with Gasteiger partial charge in [-0.1, -0.05) is 18.2 Å². The molecule has 0 bridgehead atoms. The van der Waals surface area contributed by atoms with Crippen LogP contribution in [0.4, 0.5) is 5.69 Å². The average Bonchev–Trinajstić information content (AvgIpc) is 2.77. The zero-order chi connectivity index (χ0) is 20.7. The molecule has 0 unspecified atom stereocenters. The van der Waals surface area contributed by atoms with Crippen LogP contribution in [0.15, 0.2) is 59.5 Å². The first-order valence-electron chi connectivity index (χ1n) is 9.05. The first-order valence-corrected chi connectivity index (χ1v) is 10.5. The normalized spacial score (nSPS) is 14.7. The van der Waals surface area contributed by atoms with Crippen molar-refractivity contribution in [2.24, 2.45) is 0 Å². The van der Waals surface area contributed by atoms with Gasteiger partial charge in [-0.15, -0.1) is 0 Å². The van der Waals surface area contributed by atoms with E-state index in [4.69, 9.17) is 14.7 Å². The van der Waals surface area contributed by atoms with Crippen LogP contribution in [0.1, 0.15) is 0 Å². The number of anilines is 1. The van der Waals surface area contributed by atoms with Gasteiger partial charge in [0.15, 0.2) is 6.61 Å². The van der Waals surface area contributed by atoms with Crippen molar-refractivity contribution >= 4 is 21.6 Å². The molecule has 1 amide bonds. The van der Waals surface area contributed by atoms with Gasteiger partial charge in [-0.05, 0) is 36.4 Å². The van der Waals surface area contributed by atoms with E-state index in [-0.39, 0.29) is 24.0 Å². The van der Waals surface area contributed by atoms with Gasteiger partial charge in [-0.3, -0.25) is 9.69 Å². The maximum absolute atomic E-state index is 12.6. The summed E-state index contributed by atoms with van der Waals surface area (Å²) in [5.74, 6) is -0.00740. The zero-order valence-corrected chi connectivity index (χ0v) is 16.5. The number of amides is 1. The van der Waals surface area contributed by atoms with Gasteiger partial charge in [0, 0.05) is 18.8 Å². The van der Waals surface area contributed by atoms with E-state index in [1.165, 1.54) is 33.5 Å². The van der Waals surface area contributed by atoms with E-state index < -0.39 is 10.0 Å². The summed E-state index contributed by atoms with van der Waals surface area (Å²) in [4.78, 5) is 14.0. The van der Waals surface area contributed by atoms with Crippen LogP contribution in [-0.2, 0) is 19.6 Å². The molecule has 8 nitrogen and oxygen atoms in total. The molecule has 0 aromatic heterocycles. The fourth-order valence-electron chi connectivity index (χ4n) is 2.87. The van der Waals surface area contributed by atoms with Gasteiger partial charge in [0.1, 0.15) is 12.3 Å². The van der Waals surface area contributed by atoms with E-state index in [1.54, 1.807) is 24.3 Å². The number of carbonyl (C=O) groups excluding carboxylic acids is 1. The Balaban J connectivity index is 1.63. The second-order valence-electron chi connectivity index (χ2n) is 6.25. The second-order valence-corrected chi connectivity index (χ2v) is 8.19. The molecule has 0 atom stereocenters. The van der Waals surface area contributed by atoms with Gasteiger partial charge in [0.05, 0.1) is 24.2 Å². The fraction of sp³-hybridized carbons (Fsp3) is 0.300. The molecule has 1 fully saturated rings. The van der Waals surface area contributed by atoms with Crippen LogP contribution >= 0.6 is 0 Å². The minimum atomic E-state index is -3.58. The van der Waals surface area contributed by atoms with Gasteiger partial charge in [0.2, 0.25) is 10.0 Å². The van der Waals surface area contributed by atoms with Crippen molar-refractivity contribution in [3.05, 3.63) is 54.6 Å². The molecule has 0 aliphatic carbocycles. The van der Waals surface area contributed by atoms with Crippen LogP contribution in [-0.4, -0.2) is 58.1 Å². The van der Waals surface area contributed by atoms with Crippen LogP contribution in [0, 0.1) is 11.3 Å². The predicted octanol–water partition coefficient (Wildman–Crippen LogP) is 1.64. The van der Waals surface area contributed by atoms with Crippen molar-refractivity contribution in [2.75, 3.05) is 44.4 Å². The van der Waals surface area contributed by atoms with Crippen molar-refractivity contribution in [2.45, 2.75) is 4.90 Å². The molecule has 0 N–H and O–H groups in total. The molecule has 29 heavy (non-hydrogen) atoms. The fourth-order valence-corrected chi connectivity index (χ4v) is 4.28. The highest BCUT2D eigenvalue weighted by atomic mass is 32.2. The number of rotatable bonds is 7. The number of hydrogen-bond acceptors (Lipinski definition) is 6. The molecule has 1 heterocycles. The number of nitrogens with zero attached hydrogens (tertiary/aromatic N) is 3. The number of ether oxygens (including phenoxy) is 2. The highest BCUT2D eigenvalue weighted by molar-refractivity contribution is 7.89. The molecule has 9 heteroatoms. The van der Waals surface area contributed by atoms with Crippen molar-refractivity contribution in [1.29, 1.82) is 5.26 Å². The smallest absolute Gasteiger partial charge is 0.265 e. The molecule has 2 aromatic rings. The summed E-state index contributed by atoms with van der Waals surface area (Å²) in [5, 5.41) is 8.99. The summed E-state index contributed by atoms with van der Waals surface area (Å²) in [6.45, 7) is 1.04. The van der Waals surface area contributed by atoms with E-state index in [0.29, 0.717) is 37.7 Å². The maximum Gasteiger partial charge on any atom is 0.265 e. The minimum absolute atomic E-state index is 0.0943. The van der Waals surface area contributed by atoms with Crippen LogP contribution in [0.5, 0.6) is 5.75 Å². The zero-order valence-electron chi connectivity index (χ0n) is 15.7. The van der Waals surface area contributed by atoms with Gasteiger partial charge in [0.25, 0.3) is 5.91 Å². The summed E-state index contributed by atoms with van der Waals surface area (Å²) in [5.41, 5.74) is 0.606. The van der Waals surface area contributed by atoms with Crippen LogP contribution < -0.4 is 9.64 Å². The Morgan fingerprint density at radius 3 is 2.38 bits per heavy atom. The number of morpholine rings is 1. The standard InChI is InChI=1S/C20H21N3O5S/c21-10-11-23(17-4-2-1-3-5-17)20(24)16-28-18-6-8-19(9-7-18)29(25,26)22-12-14-27-15-13-22/h1-9H,11-16H2. The molecule has 3 rings (SSSR count). The minimum Gasteiger partial charge on any atom is -0.484 e. The van der Waals surface area contributed by atoms with Gasteiger partial charge < -0.3 is 9.47 Å². The molecular formula is C20H21N3O5S. The average molecular weight is 415 g/mol. The number of hydrogen-bond donors (Lipinski definition) is 0. The number of nitriles is 1. The third-order valence-corrected chi connectivity index (χ3v) is 6.30. The summed E-state index contributed by atoms with van der Waals surface area (Å²) >= 11 is 0. The van der Waals surface area contributed by atoms with Crippen LogP contribution in [0.25, 0.3) is 0 Å². The second kappa shape index (κ2) is 9.52. The molecule has 0 radical (unpaired) electrons. The molecule has 0 spiro atoms. The largest absolute Gasteiger partial charge is 0.484 e. The molecule has 1 aliphatic heterocycles. The Morgan fingerprint density at radius 1 is 1.10 bits per heavy atom. The summed E-state index contributed by atoms with van der Waals surface area (Å²) in [6.07, 6.45) is 0. The predicted molar refractivity (Wildman–Crippen MR) is 106 cm³/mol. The number of sulfonamides is 1. The highest BCUT2D eigenvalue weighted by Crippen LogP contribution is 2.21. The quantitative estimate of drug-likeness (QED) is 0.638. The lowest BCUT2D eigenvalue weighted by molar-refractivity contribution is -0.120. The number of carbonyl (C=O) groups is 1. The summed E-state index contributed by atoms with van der Waals surface area (Å²) < 4.78 is 37.3. The Kier molecular flexibility index (Phi) is 6.82. The first-order chi connectivity index (χ1) is 14.0. The van der Waals surface area contributed by atoms with Crippen molar-refractivity contribution < 1.29 is 22.7 Å². The lowest BCUT2D eigenvalue weighted by atomic mass is 10.3. The highest BCUT2D eigenvalue weighted by Gasteiger charge is 2.26. The third kappa shape index (κ3) is 5.12. The third-order valence-electron chi connectivity index (χ3n) is 4.39. The van der Waals surface area contributed by atoms with E-state index in [1.807, 2.05) is 12.1 Å². The van der Waals surface area contributed by atoms with E-state index in [2.05, 4.69) is 0 Å². The number of benzene rings is 2. The monoisotopic (exact) mass is 415 g/mol. The first kappa shape index (κ1) is 20.8. The molecule has 2 aromatic carbocycles. The SMILES string of the molecule is N#CCN(C(=O)COc1ccc(S(=O)(=O)N2CCOCC2)cc1)c1ccccc1. The molecular weight excluding hydrogens is 394 g/mol. The van der Waals surface area contributed by atoms with Crippen molar-refractivity contribution in [1.82, 2.24) is 4.31 Å². The van der Waals surface area contributed by atoms with E-state index in [9.17, 15) is 13.2 Å². The summed E-state index contributed by atoms with van der Waals surface area (Å²) in [6, 6.07) is 16.8. The molecule has 0 saturated carbocycles. The molecule has 1 saturated heterocycles. The lowest BCUT2D eigenvalue weighted by Gasteiger charge is -2.26. The Morgan fingerprint density at radius 2 is 1.76 bits per heavy atom. The molecule has 1 aliphatic rings. The van der Waals surface area contributed by atoms with Gasteiger partial charge in [-0.2, -0.15) is 9.57 Å². The Labute approximate surface area is 169 Å². The van der Waals surface area contributed by atoms with Crippen LogP contribution in [0.2, 0.25) is 0 Å². The van der Waals surface area contributed by atoms with E-state index in [0.717, 1.165) is 0 Å². The topological polar surface area (TPSA) is 99.9 Å². The van der Waals surface area contributed by atoms with Gasteiger partial charge in [-0.25, -0.2) is 8.42 Å². The Hall–Kier alpha value is -2.93. The van der Waals surface area contributed by atoms with E-state index >= 15 is 0 Å². The Bertz CT molecular complexity index is 965. The number of para-hydroxylation sites is 1. The van der Waals surface area contributed by atoms with Crippen LogP contribution in [0.3, 0.4) is 0 Å². The van der Waals surface area contributed by atoms with Gasteiger partial charge >= 0.3 is 0 Å². The summed E-state index contributed by atoms with van der Waals surface area (Å²) in [7, 11) is -3.58. The molecule has 152 valence electrons. The van der Waals surface area contributed by atoms with Crippen molar-refractivity contribution in [3.63, 3.8) is 0 Å². The van der Waals surface area contributed by atoms with Crippen molar-refractivity contribution in [3.8, 4) is 11.8 Å². The lowest BCUT2D eigenvalue weighted by Crippen LogP contribution is -2.40.